The highest BCUT2D eigenvalue weighted by Crippen LogP contribution is 2.42. The largest absolute Gasteiger partial charge is 0.351 e. The van der Waals surface area contributed by atoms with Crippen molar-refractivity contribution in [2.75, 3.05) is 11.4 Å². The number of carbonyl (C=O) groups is 2. The number of thioether (sulfide) groups is 1. The topological polar surface area (TPSA) is 73.2 Å². The molecule has 176 valence electrons. The van der Waals surface area contributed by atoms with Gasteiger partial charge in [0.25, 0.3) is 5.91 Å². The summed E-state index contributed by atoms with van der Waals surface area (Å²) in [6, 6.07) is 27.4. The summed E-state index contributed by atoms with van der Waals surface area (Å²) in [4.78, 5) is 28.2. The second-order valence-corrected chi connectivity index (χ2v) is 9.72. The molecule has 3 aromatic rings. The Morgan fingerprint density at radius 1 is 1.00 bits per heavy atom. The minimum atomic E-state index is -0.465. The first-order chi connectivity index (χ1) is 17.0. The van der Waals surface area contributed by atoms with E-state index < -0.39 is 11.2 Å². The third-order valence-corrected chi connectivity index (χ3v) is 7.27. The van der Waals surface area contributed by atoms with Gasteiger partial charge >= 0.3 is 0 Å². The molecule has 0 saturated carbocycles. The van der Waals surface area contributed by atoms with Crippen molar-refractivity contribution < 1.29 is 9.59 Å². The number of carbonyl (C=O) groups excluding carboxylic acids is 2. The predicted molar refractivity (Wildman–Crippen MR) is 141 cm³/mol. The number of nitrogens with one attached hydrogen (secondary N) is 1. The zero-order chi connectivity index (χ0) is 24.8. The monoisotopic (exact) mass is 481 g/mol. The second-order valence-electron chi connectivity index (χ2n) is 8.53. The Morgan fingerprint density at radius 2 is 1.69 bits per heavy atom. The van der Waals surface area contributed by atoms with Crippen LogP contribution in [-0.2, 0) is 22.4 Å². The van der Waals surface area contributed by atoms with Crippen molar-refractivity contribution in [2.24, 2.45) is 0 Å². The molecule has 4 rings (SSSR count). The van der Waals surface area contributed by atoms with Crippen LogP contribution < -0.4 is 10.2 Å². The van der Waals surface area contributed by atoms with E-state index in [1.807, 2.05) is 92.7 Å². The number of amides is 2. The van der Waals surface area contributed by atoms with E-state index in [2.05, 4.69) is 11.4 Å². The van der Waals surface area contributed by atoms with Crippen molar-refractivity contribution in [1.82, 2.24) is 5.32 Å². The van der Waals surface area contributed by atoms with E-state index in [-0.39, 0.29) is 11.5 Å². The highest BCUT2D eigenvalue weighted by Gasteiger charge is 2.40. The van der Waals surface area contributed by atoms with Gasteiger partial charge in [0.05, 0.1) is 5.25 Å². The molecule has 0 bridgehead atoms. The maximum atomic E-state index is 13.6. The van der Waals surface area contributed by atoms with E-state index in [0.717, 1.165) is 22.3 Å². The Bertz CT molecular complexity index is 1290. The predicted octanol–water partition coefficient (Wildman–Crippen LogP) is 5.09. The van der Waals surface area contributed by atoms with Crippen molar-refractivity contribution >= 4 is 29.3 Å². The summed E-state index contributed by atoms with van der Waals surface area (Å²) in [7, 11) is 0. The summed E-state index contributed by atoms with van der Waals surface area (Å²) in [6.07, 6.45) is 1.18. The number of rotatable bonds is 7. The highest BCUT2D eigenvalue weighted by molar-refractivity contribution is 8.05. The zero-order valence-corrected chi connectivity index (χ0v) is 20.6. The summed E-state index contributed by atoms with van der Waals surface area (Å²) in [5, 5.41) is 12.8. The lowest BCUT2D eigenvalue weighted by molar-refractivity contribution is -0.117. The number of aryl methyl sites for hydroxylation is 2. The maximum absolute atomic E-state index is 13.6. The SMILES string of the molecule is Cc1ccc(N2C(=O)C(Cc3ccccc3C)S/C2=C(/C#N)C(=O)NCCc2ccccc2)cc1. The van der Waals surface area contributed by atoms with Crippen LogP contribution >= 0.6 is 11.8 Å². The molecule has 5 nitrogen and oxygen atoms in total. The van der Waals surface area contributed by atoms with Crippen molar-refractivity contribution in [3.63, 3.8) is 0 Å². The van der Waals surface area contributed by atoms with E-state index in [9.17, 15) is 14.9 Å². The molecule has 1 heterocycles. The number of nitriles is 1. The summed E-state index contributed by atoms with van der Waals surface area (Å²) >= 11 is 1.29. The van der Waals surface area contributed by atoms with Crippen LogP contribution in [0.2, 0.25) is 0 Å². The van der Waals surface area contributed by atoms with Crippen LogP contribution in [0.15, 0.2) is 89.5 Å². The number of nitrogens with zero attached hydrogens (tertiary/aromatic N) is 2. The van der Waals surface area contributed by atoms with Crippen molar-refractivity contribution in [2.45, 2.75) is 31.9 Å². The lowest BCUT2D eigenvalue weighted by atomic mass is 10.0. The minimum Gasteiger partial charge on any atom is -0.351 e. The number of hydrogen-bond donors (Lipinski definition) is 1. The number of benzene rings is 3. The van der Waals surface area contributed by atoms with Gasteiger partial charge in [0.15, 0.2) is 0 Å². The van der Waals surface area contributed by atoms with Gasteiger partial charge < -0.3 is 5.32 Å². The average Bonchev–Trinajstić information content (AvgIpc) is 3.17. The van der Waals surface area contributed by atoms with E-state index in [4.69, 9.17) is 0 Å². The molecular formula is C29H27N3O2S. The molecule has 1 N–H and O–H groups in total. The van der Waals surface area contributed by atoms with E-state index >= 15 is 0 Å². The molecule has 35 heavy (non-hydrogen) atoms. The zero-order valence-electron chi connectivity index (χ0n) is 19.8. The van der Waals surface area contributed by atoms with E-state index in [1.165, 1.54) is 16.7 Å². The van der Waals surface area contributed by atoms with Gasteiger partial charge in [-0.3, -0.25) is 14.5 Å². The third kappa shape index (κ3) is 5.64. The molecule has 1 unspecified atom stereocenters. The molecular weight excluding hydrogens is 454 g/mol. The molecule has 1 atom stereocenters. The highest BCUT2D eigenvalue weighted by atomic mass is 32.2. The second kappa shape index (κ2) is 11.1. The molecule has 2 amide bonds. The van der Waals surface area contributed by atoms with Gasteiger partial charge in [-0.1, -0.05) is 84.1 Å². The summed E-state index contributed by atoms with van der Waals surface area (Å²) < 4.78 is 0. The van der Waals surface area contributed by atoms with Gasteiger partial charge in [-0.15, -0.1) is 0 Å². The Hall–Kier alpha value is -3.82. The molecule has 3 aromatic carbocycles. The third-order valence-electron chi connectivity index (χ3n) is 6.01. The Morgan fingerprint density at radius 3 is 2.37 bits per heavy atom. The van der Waals surface area contributed by atoms with Gasteiger partial charge in [-0.2, -0.15) is 5.26 Å². The van der Waals surface area contributed by atoms with E-state index in [0.29, 0.717) is 30.1 Å². The van der Waals surface area contributed by atoms with Gasteiger partial charge in [-0.05, 0) is 55.5 Å². The van der Waals surface area contributed by atoms with Crippen LogP contribution in [-0.4, -0.2) is 23.6 Å². The summed E-state index contributed by atoms with van der Waals surface area (Å²) in [5.74, 6) is -0.589. The van der Waals surface area contributed by atoms with Crippen LogP contribution in [0.5, 0.6) is 0 Å². The minimum absolute atomic E-state index is 0.0377. The molecule has 1 fully saturated rings. The first-order valence-electron chi connectivity index (χ1n) is 11.6. The smallest absolute Gasteiger partial charge is 0.264 e. The van der Waals surface area contributed by atoms with Gasteiger partial charge in [0.1, 0.15) is 16.7 Å². The molecule has 6 heteroatoms. The number of hydrogen-bond acceptors (Lipinski definition) is 4. The van der Waals surface area contributed by atoms with Crippen LogP contribution in [0.1, 0.15) is 22.3 Å². The van der Waals surface area contributed by atoms with Gasteiger partial charge in [-0.25, -0.2) is 0 Å². The average molecular weight is 482 g/mol. The Kier molecular flexibility index (Phi) is 7.69. The molecule has 0 spiro atoms. The van der Waals surface area contributed by atoms with Gasteiger partial charge in [0.2, 0.25) is 5.91 Å². The lowest BCUT2D eigenvalue weighted by Gasteiger charge is -2.19. The Balaban J connectivity index is 1.62. The fourth-order valence-corrected chi connectivity index (χ4v) is 5.30. The fourth-order valence-electron chi connectivity index (χ4n) is 4.01. The van der Waals surface area contributed by atoms with Crippen molar-refractivity contribution in [3.8, 4) is 6.07 Å². The van der Waals surface area contributed by atoms with Crippen molar-refractivity contribution in [3.05, 3.63) is 112 Å². The Labute approximate surface area is 210 Å². The normalized spacial score (nSPS) is 16.7. The summed E-state index contributed by atoms with van der Waals surface area (Å²) in [5.41, 5.74) is 4.97. The van der Waals surface area contributed by atoms with Crippen LogP contribution in [0.4, 0.5) is 5.69 Å². The molecule has 1 saturated heterocycles. The molecule has 0 radical (unpaired) electrons. The first kappa shape index (κ1) is 24.3. The lowest BCUT2D eigenvalue weighted by Crippen LogP contribution is -2.32. The van der Waals surface area contributed by atoms with Crippen LogP contribution in [0, 0.1) is 25.2 Å². The van der Waals surface area contributed by atoms with E-state index in [1.54, 1.807) is 0 Å². The molecule has 0 aliphatic carbocycles. The quantitative estimate of drug-likeness (QED) is 0.377. The molecule has 1 aliphatic heterocycles. The standard InChI is InChI=1S/C29H27N3O2S/c1-20-12-14-24(15-13-20)32-28(34)26(18-23-11-7-6-8-21(23)2)35-29(32)25(19-30)27(33)31-17-16-22-9-4-3-5-10-22/h3-15,26H,16-18H2,1-2H3,(H,31,33)/b29-25-. The molecule has 0 aromatic heterocycles. The van der Waals surface area contributed by atoms with Crippen molar-refractivity contribution in [1.29, 1.82) is 5.26 Å². The number of anilines is 1. The van der Waals surface area contributed by atoms with Gasteiger partial charge in [0, 0.05) is 12.2 Å². The first-order valence-corrected chi connectivity index (χ1v) is 12.4. The van der Waals surface area contributed by atoms with Crippen LogP contribution in [0.3, 0.4) is 0 Å². The fraction of sp³-hybridized carbons (Fsp3) is 0.207. The maximum Gasteiger partial charge on any atom is 0.264 e. The summed E-state index contributed by atoms with van der Waals surface area (Å²) in [6.45, 7) is 4.40. The van der Waals surface area contributed by atoms with Crippen LogP contribution in [0.25, 0.3) is 0 Å². The molecule has 1 aliphatic rings.